The Bertz CT molecular complexity index is 255. The summed E-state index contributed by atoms with van der Waals surface area (Å²) in [7, 11) is 0. The van der Waals surface area contributed by atoms with E-state index in [1.807, 2.05) is 0 Å². The summed E-state index contributed by atoms with van der Waals surface area (Å²) >= 11 is 0. The van der Waals surface area contributed by atoms with E-state index in [1.54, 1.807) is 4.90 Å². The second-order valence-corrected chi connectivity index (χ2v) is 4.17. The van der Waals surface area contributed by atoms with Gasteiger partial charge in [-0.1, -0.05) is 13.3 Å². The van der Waals surface area contributed by atoms with Crippen LogP contribution >= 0.6 is 0 Å². The monoisotopic (exact) mass is 213 g/mol. The molecule has 1 fully saturated rings. The molecular formula is C10H19N3O2. The van der Waals surface area contributed by atoms with Crippen molar-refractivity contribution in [1.29, 1.82) is 0 Å². The Hall–Kier alpha value is -1.10. The lowest BCUT2D eigenvalue weighted by atomic mass is 10.0. The molecule has 86 valence electrons. The molecule has 0 aromatic carbocycles. The molecule has 5 nitrogen and oxygen atoms in total. The third-order valence-corrected chi connectivity index (χ3v) is 2.77. The highest BCUT2D eigenvalue weighted by Crippen LogP contribution is 2.21. The van der Waals surface area contributed by atoms with Gasteiger partial charge in [-0.3, -0.25) is 9.59 Å². The quantitative estimate of drug-likeness (QED) is 0.642. The van der Waals surface area contributed by atoms with E-state index in [2.05, 4.69) is 6.92 Å². The van der Waals surface area contributed by atoms with Crippen LogP contribution in [0, 0.1) is 5.92 Å². The average Bonchev–Trinajstić information content (AvgIpc) is 2.47. The number of rotatable bonds is 5. The maximum absolute atomic E-state index is 11.5. The molecule has 15 heavy (non-hydrogen) atoms. The highest BCUT2D eigenvalue weighted by atomic mass is 16.2. The predicted molar refractivity (Wildman–Crippen MR) is 56.8 cm³/mol. The number of hydrogen-bond donors (Lipinski definition) is 2. The van der Waals surface area contributed by atoms with Crippen LogP contribution in [0.3, 0.4) is 0 Å². The summed E-state index contributed by atoms with van der Waals surface area (Å²) in [5.74, 6) is -0.0468. The fourth-order valence-corrected chi connectivity index (χ4v) is 1.96. The normalized spacial score (nSPS) is 23.2. The van der Waals surface area contributed by atoms with Gasteiger partial charge in [0.1, 0.15) is 6.04 Å². The Morgan fingerprint density at radius 3 is 2.87 bits per heavy atom. The Morgan fingerprint density at radius 1 is 1.67 bits per heavy atom. The fourth-order valence-electron chi connectivity index (χ4n) is 1.96. The summed E-state index contributed by atoms with van der Waals surface area (Å²) in [4.78, 5) is 23.9. The Kier molecular flexibility index (Phi) is 4.08. The molecule has 5 heteroatoms. The second-order valence-electron chi connectivity index (χ2n) is 4.17. The van der Waals surface area contributed by atoms with Crippen LogP contribution in [0.25, 0.3) is 0 Å². The molecule has 0 bridgehead atoms. The standard InChI is InChI=1S/C10H19N3O2/c1-2-3-7-4-9(14)13(5-7)6-8(11)10(12)15/h7-8H,2-6,11H2,1H3,(H2,12,15). The lowest BCUT2D eigenvalue weighted by Crippen LogP contribution is -2.46. The molecule has 4 N–H and O–H groups in total. The van der Waals surface area contributed by atoms with E-state index < -0.39 is 11.9 Å². The van der Waals surface area contributed by atoms with Crippen molar-refractivity contribution in [3.05, 3.63) is 0 Å². The zero-order valence-electron chi connectivity index (χ0n) is 9.11. The van der Waals surface area contributed by atoms with E-state index >= 15 is 0 Å². The van der Waals surface area contributed by atoms with Gasteiger partial charge in [0.05, 0.1) is 0 Å². The van der Waals surface area contributed by atoms with Crippen molar-refractivity contribution < 1.29 is 9.59 Å². The molecule has 0 aromatic rings. The average molecular weight is 213 g/mol. The molecule has 0 aromatic heterocycles. The molecule has 0 aliphatic carbocycles. The van der Waals surface area contributed by atoms with E-state index in [1.165, 1.54) is 0 Å². The summed E-state index contributed by atoms with van der Waals surface area (Å²) in [6.45, 7) is 3.07. The number of primary amides is 1. The van der Waals surface area contributed by atoms with Gasteiger partial charge in [-0.05, 0) is 12.3 Å². The van der Waals surface area contributed by atoms with E-state index in [9.17, 15) is 9.59 Å². The third kappa shape index (κ3) is 3.20. The number of carbonyl (C=O) groups excluding carboxylic acids is 2. The van der Waals surface area contributed by atoms with Crippen molar-refractivity contribution in [3.63, 3.8) is 0 Å². The molecule has 1 rings (SSSR count). The van der Waals surface area contributed by atoms with Crippen LogP contribution in [0.1, 0.15) is 26.2 Å². The highest BCUT2D eigenvalue weighted by molar-refractivity contribution is 5.82. The van der Waals surface area contributed by atoms with Crippen LogP contribution in [0.2, 0.25) is 0 Å². The van der Waals surface area contributed by atoms with Gasteiger partial charge in [-0.15, -0.1) is 0 Å². The van der Waals surface area contributed by atoms with E-state index in [0.717, 1.165) is 12.8 Å². The molecule has 0 radical (unpaired) electrons. The van der Waals surface area contributed by atoms with Crippen molar-refractivity contribution in [2.75, 3.05) is 13.1 Å². The third-order valence-electron chi connectivity index (χ3n) is 2.77. The van der Waals surface area contributed by atoms with Gasteiger partial charge in [0.2, 0.25) is 11.8 Å². The number of amides is 2. The largest absolute Gasteiger partial charge is 0.368 e. The van der Waals surface area contributed by atoms with Crippen LogP contribution in [0.4, 0.5) is 0 Å². The molecule has 0 saturated carbocycles. The number of nitrogens with two attached hydrogens (primary N) is 2. The maximum atomic E-state index is 11.5. The van der Waals surface area contributed by atoms with Gasteiger partial charge in [0, 0.05) is 19.5 Å². The molecule has 0 spiro atoms. The molecule has 1 saturated heterocycles. The van der Waals surface area contributed by atoms with Crippen LogP contribution in [-0.4, -0.2) is 35.8 Å². The van der Waals surface area contributed by atoms with Crippen molar-refractivity contribution in [2.24, 2.45) is 17.4 Å². The first-order chi connectivity index (χ1) is 7.04. The summed E-state index contributed by atoms with van der Waals surface area (Å²) in [6.07, 6.45) is 2.71. The summed E-state index contributed by atoms with van der Waals surface area (Å²) < 4.78 is 0. The molecule has 1 heterocycles. The van der Waals surface area contributed by atoms with E-state index in [-0.39, 0.29) is 12.5 Å². The van der Waals surface area contributed by atoms with Crippen molar-refractivity contribution in [1.82, 2.24) is 4.90 Å². The fraction of sp³-hybridized carbons (Fsp3) is 0.800. The summed E-state index contributed by atoms with van der Waals surface area (Å²) in [5, 5.41) is 0. The van der Waals surface area contributed by atoms with Crippen molar-refractivity contribution in [3.8, 4) is 0 Å². The first-order valence-corrected chi connectivity index (χ1v) is 5.37. The SMILES string of the molecule is CCCC1CC(=O)N(CC(N)C(N)=O)C1. The van der Waals surface area contributed by atoms with Gasteiger partial charge in [0.25, 0.3) is 0 Å². The number of carbonyl (C=O) groups is 2. The minimum Gasteiger partial charge on any atom is -0.368 e. The van der Waals surface area contributed by atoms with Gasteiger partial charge in [-0.2, -0.15) is 0 Å². The van der Waals surface area contributed by atoms with Crippen LogP contribution in [-0.2, 0) is 9.59 Å². The highest BCUT2D eigenvalue weighted by Gasteiger charge is 2.30. The minimum atomic E-state index is -0.741. The first kappa shape index (κ1) is 12.0. The molecule has 2 amide bonds. The molecule has 1 aliphatic heterocycles. The maximum Gasteiger partial charge on any atom is 0.236 e. The van der Waals surface area contributed by atoms with Crippen LogP contribution < -0.4 is 11.5 Å². The van der Waals surface area contributed by atoms with Gasteiger partial charge < -0.3 is 16.4 Å². The molecular weight excluding hydrogens is 194 g/mol. The Morgan fingerprint density at radius 2 is 2.33 bits per heavy atom. The number of hydrogen-bond acceptors (Lipinski definition) is 3. The summed E-state index contributed by atoms with van der Waals surface area (Å²) in [6, 6.07) is -0.741. The van der Waals surface area contributed by atoms with E-state index in [4.69, 9.17) is 11.5 Å². The lowest BCUT2D eigenvalue weighted by Gasteiger charge is -2.19. The molecule has 2 atom stereocenters. The lowest BCUT2D eigenvalue weighted by molar-refractivity contribution is -0.128. The Balaban J connectivity index is 2.43. The topological polar surface area (TPSA) is 89.4 Å². The van der Waals surface area contributed by atoms with Crippen molar-refractivity contribution in [2.45, 2.75) is 32.2 Å². The number of nitrogens with zero attached hydrogens (tertiary/aromatic N) is 1. The van der Waals surface area contributed by atoms with Crippen LogP contribution in [0.5, 0.6) is 0 Å². The smallest absolute Gasteiger partial charge is 0.236 e. The molecule has 2 unspecified atom stereocenters. The zero-order valence-corrected chi connectivity index (χ0v) is 9.11. The van der Waals surface area contributed by atoms with Crippen LogP contribution in [0.15, 0.2) is 0 Å². The molecule has 1 aliphatic rings. The van der Waals surface area contributed by atoms with E-state index in [0.29, 0.717) is 18.9 Å². The minimum absolute atomic E-state index is 0.0881. The van der Waals surface area contributed by atoms with Gasteiger partial charge >= 0.3 is 0 Å². The second kappa shape index (κ2) is 5.11. The van der Waals surface area contributed by atoms with Gasteiger partial charge in [0.15, 0.2) is 0 Å². The Labute approximate surface area is 89.8 Å². The predicted octanol–water partition coefficient (Wildman–Crippen LogP) is -0.552. The van der Waals surface area contributed by atoms with Gasteiger partial charge in [-0.25, -0.2) is 0 Å². The first-order valence-electron chi connectivity index (χ1n) is 5.37. The zero-order chi connectivity index (χ0) is 11.4. The van der Waals surface area contributed by atoms with Crippen molar-refractivity contribution >= 4 is 11.8 Å². The number of likely N-dealkylation sites (tertiary alicyclic amines) is 1. The summed E-state index contributed by atoms with van der Waals surface area (Å²) in [5.41, 5.74) is 10.6.